The molecule has 1 heterocycles. The van der Waals surface area contributed by atoms with Gasteiger partial charge in [-0.3, -0.25) is 4.79 Å². The lowest BCUT2D eigenvalue weighted by Gasteiger charge is -2.05. The van der Waals surface area contributed by atoms with Crippen LogP contribution in [0.1, 0.15) is 0 Å². The van der Waals surface area contributed by atoms with E-state index in [1.54, 1.807) is 11.8 Å². The first-order chi connectivity index (χ1) is 6.27. The van der Waals surface area contributed by atoms with Crippen molar-refractivity contribution in [2.75, 3.05) is 11.1 Å². The van der Waals surface area contributed by atoms with Crippen molar-refractivity contribution in [3.63, 3.8) is 0 Å². The minimum Gasteiger partial charge on any atom is -0.324 e. The number of amides is 1. The highest BCUT2D eigenvalue weighted by Gasteiger charge is 2.19. The van der Waals surface area contributed by atoms with E-state index in [-0.39, 0.29) is 22.9 Å². The van der Waals surface area contributed by atoms with Gasteiger partial charge in [0.25, 0.3) is 0 Å². The average Bonchev–Trinajstić information content (AvgIpc) is 2.28. The third-order valence-corrected chi connectivity index (χ3v) is 3.09. The Kier molecular flexibility index (Phi) is 3.97. The number of anilines is 1. The fraction of sp³-hybridized carbons (Fsp3) is 0.222. The summed E-state index contributed by atoms with van der Waals surface area (Å²) < 4.78 is 0. The van der Waals surface area contributed by atoms with Crippen LogP contribution in [0.4, 0.5) is 5.69 Å². The van der Waals surface area contributed by atoms with Crippen LogP contribution < -0.4 is 11.1 Å². The number of thioether (sulfide) groups is 1. The van der Waals surface area contributed by atoms with Gasteiger partial charge in [-0.15, -0.1) is 28.7 Å². The van der Waals surface area contributed by atoms with Crippen LogP contribution >= 0.6 is 28.7 Å². The molecule has 5 heteroatoms. The van der Waals surface area contributed by atoms with Gasteiger partial charge in [0.15, 0.2) is 0 Å². The monoisotopic (exact) mass is 274 g/mol. The van der Waals surface area contributed by atoms with E-state index in [4.69, 9.17) is 5.73 Å². The quantitative estimate of drug-likeness (QED) is 0.756. The second-order valence-corrected chi connectivity index (χ2v) is 3.96. The van der Waals surface area contributed by atoms with Gasteiger partial charge >= 0.3 is 0 Å². The second kappa shape index (κ2) is 4.82. The molecule has 1 aromatic rings. The molecule has 1 aliphatic rings. The van der Waals surface area contributed by atoms with Crippen molar-refractivity contribution in [3.05, 3.63) is 24.3 Å². The molecule has 1 amide bonds. The van der Waals surface area contributed by atoms with Crippen LogP contribution in [-0.4, -0.2) is 17.7 Å². The Labute approximate surface area is 97.2 Å². The van der Waals surface area contributed by atoms with Gasteiger partial charge in [0.05, 0.1) is 11.7 Å². The van der Waals surface area contributed by atoms with Crippen molar-refractivity contribution < 1.29 is 4.79 Å². The average molecular weight is 275 g/mol. The molecule has 1 unspecified atom stereocenters. The fourth-order valence-electron chi connectivity index (χ4n) is 1.18. The zero-order chi connectivity index (χ0) is 9.26. The van der Waals surface area contributed by atoms with Crippen LogP contribution in [-0.2, 0) is 4.79 Å². The first-order valence-electron chi connectivity index (χ1n) is 4.05. The number of carbonyl (C=O) groups excluding carboxylic acids is 1. The van der Waals surface area contributed by atoms with E-state index in [0.29, 0.717) is 5.75 Å². The predicted molar refractivity (Wildman–Crippen MR) is 64.1 cm³/mol. The van der Waals surface area contributed by atoms with Crippen molar-refractivity contribution in [3.8, 4) is 0 Å². The molecule has 0 saturated carbocycles. The van der Waals surface area contributed by atoms with Crippen molar-refractivity contribution in [1.29, 1.82) is 0 Å². The molecule has 0 spiro atoms. The van der Waals surface area contributed by atoms with E-state index in [9.17, 15) is 4.79 Å². The standard InChI is InChI=1S/C9H10N2OS.BrH/c10-6-5-13-8-4-2-1-3-7(8)11-9(6)12;/h1-4,6H,5,10H2,(H,11,12);1H. The number of carbonyl (C=O) groups is 1. The Hall–Kier alpha value is -0.520. The van der Waals surface area contributed by atoms with Crippen molar-refractivity contribution in [1.82, 2.24) is 0 Å². The van der Waals surface area contributed by atoms with E-state index in [1.807, 2.05) is 24.3 Å². The second-order valence-electron chi connectivity index (χ2n) is 2.90. The van der Waals surface area contributed by atoms with Gasteiger partial charge in [-0.05, 0) is 12.1 Å². The van der Waals surface area contributed by atoms with Gasteiger partial charge in [0.2, 0.25) is 5.91 Å². The molecule has 1 atom stereocenters. The minimum atomic E-state index is -0.405. The summed E-state index contributed by atoms with van der Waals surface area (Å²) >= 11 is 1.61. The molecule has 0 aromatic heterocycles. The number of para-hydroxylation sites is 1. The van der Waals surface area contributed by atoms with E-state index in [0.717, 1.165) is 10.6 Å². The number of hydrogen-bond donors (Lipinski definition) is 2. The largest absolute Gasteiger partial charge is 0.324 e. The minimum absolute atomic E-state index is 0. The fourth-order valence-corrected chi connectivity index (χ4v) is 2.14. The molecule has 0 radical (unpaired) electrons. The summed E-state index contributed by atoms with van der Waals surface area (Å²) in [6, 6.07) is 7.32. The smallest absolute Gasteiger partial charge is 0.242 e. The summed E-state index contributed by atoms with van der Waals surface area (Å²) in [7, 11) is 0. The molecule has 2 rings (SSSR count). The lowest BCUT2D eigenvalue weighted by molar-refractivity contribution is -0.116. The molecular formula is C9H11BrN2OS. The number of rotatable bonds is 0. The van der Waals surface area contributed by atoms with E-state index in [2.05, 4.69) is 5.32 Å². The maximum absolute atomic E-state index is 11.3. The Morgan fingerprint density at radius 1 is 1.43 bits per heavy atom. The van der Waals surface area contributed by atoms with Crippen LogP contribution in [0.25, 0.3) is 0 Å². The van der Waals surface area contributed by atoms with Crippen molar-refractivity contribution in [2.45, 2.75) is 10.9 Å². The highest BCUT2D eigenvalue weighted by atomic mass is 79.9. The van der Waals surface area contributed by atoms with Crippen molar-refractivity contribution >= 4 is 40.3 Å². The van der Waals surface area contributed by atoms with Gasteiger partial charge < -0.3 is 11.1 Å². The number of fused-ring (bicyclic) bond motifs is 1. The highest BCUT2D eigenvalue weighted by molar-refractivity contribution is 8.93. The summed E-state index contributed by atoms with van der Waals surface area (Å²) in [6.07, 6.45) is 0. The third kappa shape index (κ3) is 2.29. The van der Waals surface area contributed by atoms with Crippen LogP contribution in [0.15, 0.2) is 29.2 Å². The van der Waals surface area contributed by atoms with Gasteiger partial charge in [0, 0.05) is 10.6 Å². The van der Waals surface area contributed by atoms with Crippen LogP contribution in [0, 0.1) is 0 Å². The molecule has 14 heavy (non-hydrogen) atoms. The number of nitrogens with two attached hydrogens (primary N) is 1. The summed E-state index contributed by atoms with van der Waals surface area (Å²) in [5, 5.41) is 2.79. The first kappa shape index (κ1) is 11.6. The Morgan fingerprint density at radius 2 is 2.14 bits per heavy atom. The molecular weight excluding hydrogens is 264 g/mol. The molecule has 0 aliphatic carbocycles. The summed E-state index contributed by atoms with van der Waals surface area (Å²) in [4.78, 5) is 12.4. The van der Waals surface area contributed by atoms with Crippen LogP contribution in [0.5, 0.6) is 0 Å². The third-order valence-electron chi connectivity index (χ3n) is 1.90. The summed E-state index contributed by atoms with van der Waals surface area (Å²) in [5.74, 6) is 0.542. The van der Waals surface area contributed by atoms with E-state index >= 15 is 0 Å². The van der Waals surface area contributed by atoms with Gasteiger partial charge in [-0.25, -0.2) is 0 Å². The number of halogens is 1. The SMILES string of the molecule is Br.NC1CSc2ccccc2NC1=O. The zero-order valence-corrected chi connectivity index (χ0v) is 9.93. The molecule has 0 saturated heterocycles. The molecule has 3 N–H and O–H groups in total. The van der Waals surface area contributed by atoms with Crippen LogP contribution in [0.2, 0.25) is 0 Å². The normalized spacial score (nSPS) is 20.1. The van der Waals surface area contributed by atoms with Crippen molar-refractivity contribution in [2.24, 2.45) is 5.73 Å². The first-order valence-corrected chi connectivity index (χ1v) is 5.04. The topological polar surface area (TPSA) is 55.1 Å². The highest BCUT2D eigenvalue weighted by Crippen LogP contribution is 2.29. The molecule has 0 fully saturated rings. The lowest BCUT2D eigenvalue weighted by Crippen LogP contribution is -2.36. The van der Waals surface area contributed by atoms with Gasteiger partial charge in [0.1, 0.15) is 0 Å². The number of hydrogen-bond acceptors (Lipinski definition) is 3. The van der Waals surface area contributed by atoms with Crippen LogP contribution in [0.3, 0.4) is 0 Å². The zero-order valence-electron chi connectivity index (χ0n) is 7.40. The number of benzene rings is 1. The lowest BCUT2D eigenvalue weighted by atomic mass is 10.3. The maximum atomic E-state index is 11.3. The van der Waals surface area contributed by atoms with Gasteiger partial charge in [-0.1, -0.05) is 12.1 Å². The van der Waals surface area contributed by atoms with E-state index in [1.165, 1.54) is 0 Å². The Balaban J connectivity index is 0.000000980. The maximum Gasteiger partial charge on any atom is 0.242 e. The molecule has 0 bridgehead atoms. The van der Waals surface area contributed by atoms with Gasteiger partial charge in [-0.2, -0.15) is 0 Å². The predicted octanol–water partition coefficient (Wildman–Crippen LogP) is 1.64. The summed E-state index contributed by atoms with van der Waals surface area (Å²) in [5.41, 5.74) is 6.49. The molecule has 1 aliphatic heterocycles. The Morgan fingerprint density at radius 3 is 2.93 bits per heavy atom. The Bertz CT molecular complexity index is 345. The molecule has 76 valence electrons. The molecule has 3 nitrogen and oxygen atoms in total. The van der Waals surface area contributed by atoms with E-state index < -0.39 is 6.04 Å². The number of nitrogens with one attached hydrogen (secondary N) is 1. The summed E-state index contributed by atoms with van der Waals surface area (Å²) in [6.45, 7) is 0. The molecule has 1 aromatic carbocycles.